The lowest BCUT2D eigenvalue weighted by Gasteiger charge is -2.26. The second-order valence-corrected chi connectivity index (χ2v) is 17.7. The van der Waals surface area contributed by atoms with Gasteiger partial charge in [0.25, 0.3) is 0 Å². The standard InChI is InChI=1S/C58H45N5O/c1-58(2,3)41-32-44(61-38-60(42-19-9-5-10-20-42)56-31-40(27-30-53(56)61)39-17-7-4-8-18-39)34-46(33-41)64-45-28-29-49-47-23-13-16-26-52(47)63(54(49)35-45)57-36-55-50(37-59-57)48-24-14-15-25-51(48)62(55)43-21-11-6-12-22-43/h4-37H,38H2,1-3H3. The van der Waals surface area contributed by atoms with E-state index in [1.54, 1.807) is 0 Å². The number of rotatable bonds is 7. The average Bonchev–Trinajstić information content (AvgIpc) is 3.99. The maximum atomic E-state index is 6.99. The zero-order chi connectivity index (χ0) is 42.9. The number of benzene rings is 8. The van der Waals surface area contributed by atoms with Crippen LogP contribution in [0.1, 0.15) is 26.3 Å². The number of fused-ring (bicyclic) bond motifs is 7. The van der Waals surface area contributed by atoms with Crippen molar-refractivity contribution in [2.24, 2.45) is 0 Å². The highest BCUT2D eigenvalue weighted by Gasteiger charge is 2.30. The first-order valence-electron chi connectivity index (χ1n) is 22.0. The first-order valence-corrected chi connectivity index (χ1v) is 22.0. The molecule has 0 N–H and O–H groups in total. The quantitative estimate of drug-likeness (QED) is 0.160. The number of aromatic nitrogens is 3. The minimum absolute atomic E-state index is 0.129. The van der Waals surface area contributed by atoms with Gasteiger partial charge in [-0.15, -0.1) is 0 Å². The maximum absolute atomic E-state index is 6.99. The summed E-state index contributed by atoms with van der Waals surface area (Å²) in [6.45, 7) is 7.46. The van der Waals surface area contributed by atoms with Gasteiger partial charge in [-0.1, -0.05) is 130 Å². The van der Waals surface area contributed by atoms with Crippen LogP contribution in [0.3, 0.4) is 0 Å². The van der Waals surface area contributed by atoms with Crippen molar-refractivity contribution in [3.8, 4) is 34.1 Å². The molecular weight excluding hydrogens is 783 g/mol. The van der Waals surface area contributed by atoms with Gasteiger partial charge in [0.15, 0.2) is 0 Å². The van der Waals surface area contributed by atoms with Crippen LogP contribution in [-0.2, 0) is 5.41 Å². The number of hydrogen-bond acceptors (Lipinski definition) is 4. The fourth-order valence-corrected chi connectivity index (χ4v) is 9.58. The topological polar surface area (TPSA) is 38.5 Å². The van der Waals surface area contributed by atoms with E-state index in [-0.39, 0.29) is 5.41 Å². The molecule has 12 rings (SSSR count). The zero-order valence-corrected chi connectivity index (χ0v) is 36.0. The van der Waals surface area contributed by atoms with Crippen molar-refractivity contribution in [3.63, 3.8) is 0 Å². The molecule has 1 aliphatic rings. The van der Waals surface area contributed by atoms with Crippen molar-refractivity contribution in [3.05, 3.63) is 212 Å². The predicted molar refractivity (Wildman–Crippen MR) is 266 cm³/mol. The Morgan fingerprint density at radius 3 is 1.77 bits per heavy atom. The summed E-state index contributed by atoms with van der Waals surface area (Å²) in [5.74, 6) is 2.39. The van der Waals surface area contributed by atoms with Gasteiger partial charge in [-0.05, 0) is 94.9 Å². The van der Waals surface area contributed by atoms with Gasteiger partial charge in [-0.3, -0.25) is 4.57 Å². The Balaban J connectivity index is 0.977. The van der Waals surface area contributed by atoms with Gasteiger partial charge in [0.05, 0.1) is 33.4 Å². The van der Waals surface area contributed by atoms with E-state index in [1.807, 2.05) is 6.20 Å². The van der Waals surface area contributed by atoms with Crippen molar-refractivity contribution < 1.29 is 4.74 Å². The molecule has 0 saturated heterocycles. The van der Waals surface area contributed by atoms with Crippen LogP contribution in [-0.4, -0.2) is 20.8 Å². The van der Waals surface area contributed by atoms with Crippen LogP contribution in [0.2, 0.25) is 0 Å². The zero-order valence-electron chi connectivity index (χ0n) is 36.0. The summed E-state index contributed by atoms with van der Waals surface area (Å²) in [6.07, 6.45) is 2.03. The summed E-state index contributed by atoms with van der Waals surface area (Å²) in [6, 6.07) is 71.3. The number of pyridine rings is 1. The predicted octanol–water partition coefficient (Wildman–Crippen LogP) is 15.3. The van der Waals surface area contributed by atoms with E-state index < -0.39 is 0 Å². The summed E-state index contributed by atoms with van der Waals surface area (Å²) in [5.41, 5.74) is 13.5. The number of hydrogen-bond donors (Lipinski definition) is 0. The van der Waals surface area contributed by atoms with Gasteiger partial charge in [0.1, 0.15) is 24.0 Å². The lowest BCUT2D eigenvalue weighted by atomic mass is 9.86. The highest BCUT2D eigenvalue weighted by atomic mass is 16.5. The Hall–Kier alpha value is -8.09. The lowest BCUT2D eigenvalue weighted by Crippen LogP contribution is -2.24. The largest absolute Gasteiger partial charge is 0.457 e. The second-order valence-electron chi connectivity index (χ2n) is 17.7. The second kappa shape index (κ2) is 14.8. The molecule has 0 radical (unpaired) electrons. The highest BCUT2D eigenvalue weighted by molar-refractivity contribution is 6.11. The Morgan fingerprint density at radius 2 is 1.03 bits per heavy atom. The minimum Gasteiger partial charge on any atom is -0.457 e. The number of nitrogens with zero attached hydrogens (tertiary/aromatic N) is 5. The average molecular weight is 828 g/mol. The van der Waals surface area contributed by atoms with Crippen molar-refractivity contribution in [1.82, 2.24) is 14.1 Å². The molecule has 4 heterocycles. The molecule has 3 aromatic heterocycles. The van der Waals surface area contributed by atoms with Crippen molar-refractivity contribution in [2.75, 3.05) is 16.5 Å². The molecule has 0 saturated carbocycles. The molecule has 1 aliphatic heterocycles. The van der Waals surface area contributed by atoms with Gasteiger partial charge < -0.3 is 19.1 Å². The van der Waals surface area contributed by atoms with E-state index in [1.165, 1.54) is 27.8 Å². The van der Waals surface area contributed by atoms with Gasteiger partial charge in [0, 0.05) is 63.0 Å². The minimum atomic E-state index is -0.129. The Bertz CT molecular complexity index is 3550. The van der Waals surface area contributed by atoms with Gasteiger partial charge in [-0.25, -0.2) is 4.98 Å². The highest BCUT2D eigenvalue weighted by Crippen LogP contribution is 2.48. The number of ether oxygens (including phenoxy) is 1. The maximum Gasteiger partial charge on any atom is 0.139 e. The third-order valence-corrected chi connectivity index (χ3v) is 12.8. The summed E-state index contributed by atoms with van der Waals surface area (Å²) in [7, 11) is 0. The van der Waals surface area contributed by atoms with Crippen LogP contribution in [0, 0.1) is 0 Å². The first-order chi connectivity index (χ1) is 31.4. The Labute approximate surface area is 372 Å². The fraction of sp³-hybridized carbons (Fsp3) is 0.0862. The smallest absolute Gasteiger partial charge is 0.139 e. The third kappa shape index (κ3) is 6.29. The van der Waals surface area contributed by atoms with Crippen LogP contribution >= 0.6 is 0 Å². The van der Waals surface area contributed by atoms with Crippen LogP contribution in [0.5, 0.6) is 11.5 Å². The summed E-state index contributed by atoms with van der Waals surface area (Å²) >= 11 is 0. The van der Waals surface area contributed by atoms with E-state index >= 15 is 0 Å². The molecule has 6 nitrogen and oxygen atoms in total. The summed E-state index contributed by atoms with van der Waals surface area (Å²) in [4.78, 5) is 10.0. The van der Waals surface area contributed by atoms with E-state index in [4.69, 9.17) is 9.72 Å². The molecule has 64 heavy (non-hydrogen) atoms. The molecule has 0 bridgehead atoms. The molecule has 308 valence electrons. The van der Waals surface area contributed by atoms with Crippen LogP contribution in [0.4, 0.5) is 22.7 Å². The SMILES string of the molecule is CC(C)(C)c1cc(Oc2ccc3c4ccccc4n(-c4cc5c(cn4)c4ccccc4n5-c4ccccc4)c3c2)cc(N2CN(c3ccccc3)c3cc(-c4ccccc4)ccc32)c1. The molecular formula is C58H45N5O. The van der Waals surface area contributed by atoms with Crippen molar-refractivity contribution in [1.29, 1.82) is 0 Å². The van der Waals surface area contributed by atoms with Crippen molar-refractivity contribution in [2.45, 2.75) is 26.2 Å². The molecule has 0 fully saturated rings. The van der Waals surface area contributed by atoms with Crippen LogP contribution in [0.15, 0.2) is 206 Å². The Morgan fingerprint density at radius 1 is 0.422 bits per heavy atom. The van der Waals surface area contributed by atoms with Gasteiger partial charge in [-0.2, -0.15) is 0 Å². The number of para-hydroxylation sites is 4. The Kier molecular flexibility index (Phi) is 8.70. The molecule has 0 atom stereocenters. The third-order valence-electron chi connectivity index (χ3n) is 12.8. The summed E-state index contributed by atoms with van der Waals surface area (Å²) < 4.78 is 11.6. The molecule has 8 aromatic carbocycles. The molecule has 0 spiro atoms. The van der Waals surface area contributed by atoms with E-state index in [2.05, 4.69) is 240 Å². The normalized spacial score (nSPS) is 12.8. The van der Waals surface area contributed by atoms with Crippen LogP contribution in [0.25, 0.3) is 66.2 Å². The van der Waals surface area contributed by atoms with Gasteiger partial charge in [0.2, 0.25) is 0 Å². The van der Waals surface area contributed by atoms with E-state index in [9.17, 15) is 0 Å². The molecule has 11 aromatic rings. The molecule has 0 unspecified atom stereocenters. The first kappa shape index (κ1) is 37.7. The summed E-state index contributed by atoms with van der Waals surface area (Å²) in [5, 5.41) is 4.60. The fourth-order valence-electron chi connectivity index (χ4n) is 9.58. The number of anilines is 4. The molecule has 0 amide bonds. The van der Waals surface area contributed by atoms with Crippen molar-refractivity contribution >= 4 is 66.4 Å². The monoisotopic (exact) mass is 827 g/mol. The van der Waals surface area contributed by atoms with E-state index in [0.717, 1.165) is 78.3 Å². The van der Waals surface area contributed by atoms with Crippen LogP contribution < -0.4 is 14.5 Å². The lowest BCUT2D eigenvalue weighted by molar-refractivity contribution is 0.479. The molecule has 0 aliphatic carbocycles. The molecule has 6 heteroatoms. The van der Waals surface area contributed by atoms with E-state index in [0.29, 0.717) is 6.67 Å². The van der Waals surface area contributed by atoms with Gasteiger partial charge >= 0.3 is 0 Å².